The van der Waals surface area contributed by atoms with Gasteiger partial charge in [0.05, 0.1) is 0 Å². The molecule has 0 radical (unpaired) electrons. The van der Waals surface area contributed by atoms with Crippen molar-refractivity contribution in [3.05, 3.63) is 30.2 Å². The number of hydrogen-bond donors (Lipinski definition) is 1. The molecule has 0 unspecified atom stereocenters. The Balaban J connectivity index is 2.15. The van der Waals surface area contributed by atoms with E-state index in [1.807, 2.05) is 31.2 Å². The van der Waals surface area contributed by atoms with Gasteiger partial charge in [-0.3, -0.25) is 4.79 Å². The Labute approximate surface area is 122 Å². The Bertz CT molecular complexity index is 595. The quantitative estimate of drug-likeness (QED) is 0.831. The molecule has 0 fully saturated rings. The second-order valence-electron chi connectivity index (χ2n) is 4.40. The monoisotopic (exact) mass is 291 g/mol. The Morgan fingerprint density at radius 2 is 2.10 bits per heavy atom. The van der Waals surface area contributed by atoms with Crippen LogP contribution in [0.5, 0.6) is 0 Å². The average molecular weight is 291 g/mol. The van der Waals surface area contributed by atoms with Gasteiger partial charge in [-0.15, -0.1) is 0 Å². The lowest BCUT2D eigenvalue weighted by Crippen LogP contribution is -2.29. The number of methoxy groups -OCH3 is 1. The largest absolute Gasteiger partial charge is 0.480 e. The maximum absolute atomic E-state index is 10.8. The lowest BCUT2D eigenvalue weighted by atomic mass is 10.2. The molecule has 0 aliphatic heterocycles. The number of aliphatic carboxylic acids is 1. The Morgan fingerprint density at radius 3 is 2.67 bits per heavy atom. The number of benzene rings is 1. The number of carboxylic acids is 1. The maximum atomic E-state index is 10.8. The van der Waals surface area contributed by atoms with Crippen LogP contribution in [0.15, 0.2) is 28.8 Å². The minimum atomic E-state index is -0.858. The predicted octanol–water partition coefficient (Wildman–Crippen LogP) is 1.79. The van der Waals surface area contributed by atoms with Crippen molar-refractivity contribution in [2.24, 2.45) is 0 Å². The van der Waals surface area contributed by atoms with E-state index in [1.54, 1.807) is 12.0 Å². The van der Waals surface area contributed by atoms with Crippen LogP contribution in [0, 0.1) is 0 Å². The van der Waals surface area contributed by atoms with Crippen LogP contribution in [0.3, 0.4) is 0 Å². The first kappa shape index (κ1) is 15.0. The molecule has 7 heteroatoms. The van der Waals surface area contributed by atoms with E-state index in [-0.39, 0.29) is 13.2 Å². The Hall–Kier alpha value is -2.41. The highest BCUT2D eigenvalue weighted by atomic mass is 16.5. The van der Waals surface area contributed by atoms with Crippen LogP contribution in [0.25, 0.3) is 11.4 Å². The van der Waals surface area contributed by atoms with E-state index < -0.39 is 5.97 Å². The van der Waals surface area contributed by atoms with E-state index in [4.69, 9.17) is 14.4 Å². The average Bonchev–Trinajstić information content (AvgIpc) is 2.94. The normalized spacial score (nSPS) is 10.6. The molecule has 0 atom stereocenters. The van der Waals surface area contributed by atoms with Gasteiger partial charge >= 0.3 is 5.97 Å². The van der Waals surface area contributed by atoms with Crippen LogP contribution in [-0.2, 0) is 16.1 Å². The van der Waals surface area contributed by atoms with Gasteiger partial charge in [0, 0.05) is 24.9 Å². The molecule has 0 saturated heterocycles. The van der Waals surface area contributed by atoms with Gasteiger partial charge < -0.3 is 19.3 Å². The molecule has 0 spiro atoms. The lowest BCUT2D eigenvalue weighted by Gasteiger charge is -2.20. The third kappa shape index (κ3) is 3.79. The number of rotatable bonds is 7. The van der Waals surface area contributed by atoms with Crippen molar-refractivity contribution < 1.29 is 19.2 Å². The summed E-state index contributed by atoms with van der Waals surface area (Å²) in [6, 6.07) is 7.35. The Morgan fingerprint density at radius 1 is 1.38 bits per heavy atom. The van der Waals surface area contributed by atoms with Crippen LogP contribution in [0.2, 0.25) is 0 Å². The van der Waals surface area contributed by atoms with Gasteiger partial charge in [-0.1, -0.05) is 5.16 Å². The molecule has 2 aromatic rings. The summed E-state index contributed by atoms with van der Waals surface area (Å²) in [5, 5.41) is 12.8. The summed E-state index contributed by atoms with van der Waals surface area (Å²) < 4.78 is 9.96. The number of carbonyl (C=O) groups is 1. The first-order valence-electron chi connectivity index (χ1n) is 6.52. The van der Waals surface area contributed by atoms with Crippen molar-refractivity contribution in [3.63, 3.8) is 0 Å². The van der Waals surface area contributed by atoms with Gasteiger partial charge in [0.2, 0.25) is 5.82 Å². The summed E-state index contributed by atoms with van der Waals surface area (Å²) in [5.41, 5.74) is 1.64. The minimum Gasteiger partial charge on any atom is -0.480 e. The molecule has 1 aromatic heterocycles. The third-order valence-corrected chi connectivity index (χ3v) is 2.93. The van der Waals surface area contributed by atoms with Gasteiger partial charge in [0.1, 0.15) is 13.2 Å². The molecule has 1 N–H and O–H groups in total. The molecule has 2 rings (SSSR count). The molecule has 0 bridgehead atoms. The van der Waals surface area contributed by atoms with Crippen molar-refractivity contribution in [2.75, 3.05) is 25.1 Å². The first-order chi connectivity index (χ1) is 10.1. The summed E-state index contributed by atoms with van der Waals surface area (Å²) in [4.78, 5) is 16.8. The van der Waals surface area contributed by atoms with E-state index in [1.165, 1.54) is 0 Å². The molecule has 1 aromatic carbocycles. The van der Waals surface area contributed by atoms with Gasteiger partial charge in [0.15, 0.2) is 0 Å². The van der Waals surface area contributed by atoms with Crippen molar-refractivity contribution >= 4 is 11.7 Å². The van der Waals surface area contributed by atoms with Crippen LogP contribution < -0.4 is 4.90 Å². The standard InChI is InChI=1S/C14H17N3O4/c1-3-17(8-13(18)19)11-6-4-10(5-7-11)14-15-12(9-20-2)21-16-14/h4-7H,3,8-9H2,1-2H3,(H,18,19). The molecule has 7 nitrogen and oxygen atoms in total. The number of anilines is 1. The van der Waals surface area contributed by atoms with Crippen LogP contribution in [0.1, 0.15) is 12.8 Å². The van der Waals surface area contributed by atoms with Crippen LogP contribution in [-0.4, -0.2) is 41.4 Å². The van der Waals surface area contributed by atoms with E-state index in [2.05, 4.69) is 10.1 Å². The van der Waals surface area contributed by atoms with Gasteiger partial charge in [-0.25, -0.2) is 0 Å². The van der Waals surface area contributed by atoms with Crippen molar-refractivity contribution in [1.29, 1.82) is 0 Å². The van der Waals surface area contributed by atoms with Gasteiger partial charge in [0.25, 0.3) is 5.89 Å². The number of carboxylic acid groups (broad SMARTS) is 1. The fraction of sp³-hybridized carbons (Fsp3) is 0.357. The topological polar surface area (TPSA) is 88.7 Å². The van der Waals surface area contributed by atoms with E-state index in [9.17, 15) is 4.79 Å². The minimum absolute atomic E-state index is 0.0317. The third-order valence-electron chi connectivity index (χ3n) is 2.93. The zero-order valence-corrected chi connectivity index (χ0v) is 11.9. The van der Waals surface area contributed by atoms with Gasteiger partial charge in [-0.2, -0.15) is 4.98 Å². The van der Waals surface area contributed by atoms with Crippen molar-refractivity contribution in [1.82, 2.24) is 10.1 Å². The van der Waals surface area contributed by atoms with Crippen LogP contribution in [0.4, 0.5) is 5.69 Å². The highest BCUT2D eigenvalue weighted by Crippen LogP contribution is 2.21. The first-order valence-corrected chi connectivity index (χ1v) is 6.52. The fourth-order valence-corrected chi connectivity index (χ4v) is 1.92. The number of aromatic nitrogens is 2. The number of likely N-dealkylation sites (N-methyl/N-ethyl adjacent to an activating group) is 1. The molecule has 0 amide bonds. The zero-order valence-electron chi connectivity index (χ0n) is 11.9. The SMILES string of the molecule is CCN(CC(=O)O)c1ccc(-c2noc(COC)n2)cc1. The molecule has 21 heavy (non-hydrogen) atoms. The zero-order chi connectivity index (χ0) is 15.2. The van der Waals surface area contributed by atoms with E-state index in [0.717, 1.165) is 11.3 Å². The Kier molecular flexibility index (Phi) is 4.89. The maximum Gasteiger partial charge on any atom is 0.323 e. The number of ether oxygens (including phenoxy) is 1. The van der Waals surface area contributed by atoms with Crippen molar-refractivity contribution in [3.8, 4) is 11.4 Å². The number of hydrogen-bond acceptors (Lipinski definition) is 6. The van der Waals surface area contributed by atoms with Gasteiger partial charge in [-0.05, 0) is 31.2 Å². The summed E-state index contributed by atoms with van der Waals surface area (Å²) in [5.74, 6) is 0.0378. The summed E-state index contributed by atoms with van der Waals surface area (Å²) >= 11 is 0. The summed E-state index contributed by atoms with van der Waals surface area (Å²) in [6.45, 7) is 2.77. The van der Waals surface area contributed by atoms with E-state index in [0.29, 0.717) is 18.3 Å². The molecule has 0 aliphatic rings. The molecule has 112 valence electrons. The highest BCUT2D eigenvalue weighted by Gasteiger charge is 2.11. The molecular formula is C14H17N3O4. The fourth-order valence-electron chi connectivity index (χ4n) is 1.92. The van der Waals surface area contributed by atoms with Crippen LogP contribution >= 0.6 is 0 Å². The molecule has 0 saturated carbocycles. The smallest absolute Gasteiger partial charge is 0.323 e. The summed E-state index contributed by atoms with van der Waals surface area (Å²) in [7, 11) is 1.56. The molecular weight excluding hydrogens is 274 g/mol. The van der Waals surface area contributed by atoms with E-state index >= 15 is 0 Å². The number of nitrogens with zero attached hydrogens (tertiary/aromatic N) is 3. The van der Waals surface area contributed by atoms with Crippen molar-refractivity contribution in [2.45, 2.75) is 13.5 Å². The molecule has 1 heterocycles. The second-order valence-corrected chi connectivity index (χ2v) is 4.40. The summed E-state index contributed by atoms with van der Waals surface area (Å²) in [6.07, 6.45) is 0. The molecule has 0 aliphatic carbocycles. The predicted molar refractivity (Wildman–Crippen MR) is 76.0 cm³/mol. The second kappa shape index (κ2) is 6.85. The lowest BCUT2D eigenvalue weighted by molar-refractivity contribution is -0.135. The highest BCUT2D eigenvalue weighted by molar-refractivity contribution is 5.74.